The minimum atomic E-state index is -0.770. The van der Waals surface area contributed by atoms with E-state index < -0.39 is 6.10 Å². The van der Waals surface area contributed by atoms with E-state index in [-0.39, 0.29) is 18.6 Å². The van der Waals surface area contributed by atoms with Gasteiger partial charge in [-0.05, 0) is 43.7 Å². The molecule has 2 aromatic rings. The van der Waals surface area contributed by atoms with Crippen LogP contribution in [0.15, 0.2) is 48.8 Å². The van der Waals surface area contributed by atoms with Gasteiger partial charge in [0.1, 0.15) is 5.75 Å². The summed E-state index contributed by atoms with van der Waals surface area (Å²) in [5.74, 6) is 0.497. The Morgan fingerprint density at radius 3 is 2.59 bits per heavy atom. The first-order valence-corrected chi connectivity index (χ1v) is 7.19. The van der Waals surface area contributed by atoms with E-state index in [0.29, 0.717) is 5.56 Å². The molecular formula is C17H20N2O3. The van der Waals surface area contributed by atoms with Crippen LogP contribution in [0, 0.1) is 0 Å². The number of pyridine rings is 1. The van der Waals surface area contributed by atoms with E-state index in [0.717, 1.165) is 11.3 Å². The zero-order chi connectivity index (χ0) is 15.9. The van der Waals surface area contributed by atoms with Gasteiger partial charge in [-0.3, -0.25) is 9.78 Å². The van der Waals surface area contributed by atoms with Crippen molar-refractivity contribution >= 4 is 5.91 Å². The van der Waals surface area contributed by atoms with E-state index in [1.807, 2.05) is 26.0 Å². The van der Waals surface area contributed by atoms with Crippen LogP contribution in [0.4, 0.5) is 0 Å². The molecule has 5 heteroatoms. The molecule has 1 heterocycles. The minimum Gasteiger partial charge on any atom is -0.491 e. The summed E-state index contributed by atoms with van der Waals surface area (Å²) in [6.07, 6.45) is 2.43. The highest BCUT2D eigenvalue weighted by Crippen LogP contribution is 2.18. The van der Waals surface area contributed by atoms with E-state index >= 15 is 0 Å². The van der Waals surface area contributed by atoms with Gasteiger partial charge in [0, 0.05) is 18.9 Å². The van der Waals surface area contributed by atoms with Gasteiger partial charge in [0.2, 0.25) is 0 Å². The number of carbonyl (C=O) groups excluding carboxylic acids is 1. The molecule has 0 saturated carbocycles. The van der Waals surface area contributed by atoms with Crippen molar-refractivity contribution in [2.24, 2.45) is 0 Å². The van der Waals surface area contributed by atoms with Gasteiger partial charge in [0.25, 0.3) is 5.91 Å². The van der Waals surface area contributed by atoms with Gasteiger partial charge in [-0.1, -0.05) is 12.1 Å². The SMILES string of the molecule is CC(C)Oc1ccc(C(O)CNC(=O)c2cccnc2)cc1. The molecule has 0 bridgehead atoms. The number of benzene rings is 1. The van der Waals surface area contributed by atoms with E-state index in [2.05, 4.69) is 10.3 Å². The molecule has 1 aromatic carbocycles. The fraction of sp³-hybridized carbons (Fsp3) is 0.294. The molecule has 0 aliphatic rings. The average molecular weight is 300 g/mol. The number of aliphatic hydroxyl groups is 1. The second-order valence-corrected chi connectivity index (χ2v) is 5.20. The second-order valence-electron chi connectivity index (χ2n) is 5.20. The van der Waals surface area contributed by atoms with Crippen molar-refractivity contribution in [1.82, 2.24) is 10.3 Å². The lowest BCUT2D eigenvalue weighted by Gasteiger charge is -2.14. The molecule has 0 radical (unpaired) electrons. The van der Waals surface area contributed by atoms with Gasteiger partial charge in [0.15, 0.2) is 0 Å². The quantitative estimate of drug-likeness (QED) is 0.859. The molecule has 2 rings (SSSR count). The number of nitrogens with zero attached hydrogens (tertiary/aromatic N) is 1. The van der Waals surface area contributed by atoms with E-state index in [1.54, 1.807) is 30.5 Å². The second kappa shape index (κ2) is 7.56. The molecule has 22 heavy (non-hydrogen) atoms. The Morgan fingerprint density at radius 1 is 1.27 bits per heavy atom. The summed E-state index contributed by atoms with van der Waals surface area (Å²) < 4.78 is 5.55. The van der Waals surface area contributed by atoms with Crippen molar-refractivity contribution in [1.29, 1.82) is 0 Å². The predicted molar refractivity (Wildman–Crippen MR) is 83.7 cm³/mol. The molecular weight excluding hydrogens is 280 g/mol. The molecule has 2 N–H and O–H groups in total. The van der Waals surface area contributed by atoms with E-state index in [1.165, 1.54) is 6.20 Å². The lowest BCUT2D eigenvalue weighted by atomic mass is 10.1. The fourth-order valence-corrected chi connectivity index (χ4v) is 1.95. The van der Waals surface area contributed by atoms with E-state index in [9.17, 15) is 9.90 Å². The number of hydrogen-bond donors (Lipinski definition) is 2. The summed E-state index contributed by atoms with van der Waals surface area (Å²) in [7, 11) is 0. The lowest BCUT2D eigenvalue weighted by Crippen LogP contribution is -2.28. The Bertz CT molecular complexity index is 597. The zero-order valence-corrected chi connectivity index (χ0v) is 12.7. The van der Waals surface area contributed by atoms with Crippen molar-refractivity contribution in [3.63, 3.8) is 0 Å². The summed E-state index contributed by atoms with van der Waals surface area (Å²) in [6, 6.07) is 10.6. The molecule has 1 atom stereocenters. The maximum absolute atomic E-state index is 11.9. The van der Waals surface area contributed by atoms with Crippen molar-refractivity contribution in [2.45, 2.75) is 26.1 Å². The van der Waals surface area contributed by atoms with Gasteiger partial charge in [-0.2, -0.15) is 0 Å². The van der Waals surface area contributed by atoms with Crippen molar-refractivity contribution in [2.75, 3.05) is 6.54 Å². The molecule has 1 unspecified atom stereocenters. The van der Waals surface area contributed by atoms with Gasteiger partial charge in [-0.15, -0.1) is 0 Å². The van der Waals surface area contributed by atoms with Crippen molar-refractivity contribution in [3.05, 3.63) is 59.9 Å². The Kier molecular flexibility index (Phi) is 5.49. The zero-order valence-electron chi connectivity index (χ0n) is 12.7. The number of hydrogen-bond acceptors (Lipinski definition) is 4. The first kappa shape index (κ1) is 16.0. The van der Waals surface area contributed by atoms with Crippen LogP contribution in [0.25, 0.3) is 0 Å². The summed E-state index contributed by atoms with van der Waals surface area (Å²) in [6.45, 7) is 4.05. The first-order chi connectivity index (χ1) is 10.6. The largest absolute Gasteiger partial charge is 0.491 e. The number of rotatable bonds is 6. The molecule has 1 aromatic heterocycles. The Labute approximate surface area is 130 Å². The fourth-order valence-electron chi connectivity index (χ4n) is 1.95. The predicted octanol–water partition coefficient (Wildman–Crippen LogP) is 2.33. The maximum atomic E-state index is 11.9. The Balaban J connectivity index is 1.89. The highest BCUT2D eigenvalue weighted by Gasteiger charge is 2.11. The molecule has 116 valence electrons. The van der Waals surface area contributed by atoms with Gasteiger partial charge in [-0.25, -0.2) is 0 Å². The van der Waals surface area contributed by atoms with Gasteiger partial charge in [0.05, 0.1) is 17.8 Å². The molecule has 0 aliphatic heterocycles. The van der Waals surface area contributed by atoms with Crippen LogP contribution in [0.2, 0.25) is 0 Å². The highest BCUT2D eigenvalue weighted by atomic mass is 16.5. The highest BCUT2D eigenvalue weighted by molar-refractivity contribution is 5.93. The number of ether oxygens (including phenoxy) is 1. The molecule has 0 fully saturated rings. The van der Waals surface area contributed by atoms with Crippen molar-refractivity contribution in [3.8, 4) is 5.75 Å². The summed E-state index contributed by atoms with van der Waals surface area (Å²) in [5, 5.41) is 12.8. The van der Waals surface area contributed by atoms with Gasteiger partial charge >= 0.3 is 0 Å². The van der Waals surface area contributed by atoms with Gasteiger partial charge < -0.3 is 15.2 Å². The number of carbonyl (C=O) groups is 1. The molecule has 0 saturated heterocycles. The third kappa shape index (κ3) is 4.56. The van der Waals surface area contributed by atoms with E-state index in [4.69, 9.17) is 4.74 Å². The maximum Gasteiger partial charge on any atom is 0.252 e. The van der Waals surface area contributed by atoms with Crippen molar-refractivity contribution < 1.29 is 14.6 Å². The molecule has 0 spiro atoms. The topological polar surface area (TPSA) is 71.5 Å². The molecule has 5 nitrogen and oxygen atoms in total. The Morgan fingerprint density at radius 2 is 2.00 bits per heavy atom. The Hall–Kier alpha value is -2.40. The standard InChI is InChI=1S/C17H20N2O3/c1-12(2)22-15-7-5-13(6-8-15)16(20)11-19-17(21)14-4-3-9-18-10-14/h3-10,12,16,20H,11H2,1-2H3,(H,19,21). The smallest absolute Gasteiger partial charge is 0.252 e. The van der Waals surface area contributed by atoms with Crippen LogP contribution in [0.3, 0.4) is 0 Å². The monoisotopic (exact) mass is 300 g/mol. The van der Waals surface area contributed by atoms with Crippen LogP contribution in [-0.4, -0.2) is 28.6 Å². The normalized spacial score (nSPS) is 12.0. The first-order valence-electron chi connectivity index (χ1n) is 7.19. The number of aromatic nitrogens is 1. The molecule has 0 aliphatic carbocycles. The average Bonchev–Trinajstić information content (AvgIpc) is 2.53. The lowest BCUT2D eigenvalue weighted by molar-refractivity contribution is 0.0916. The van der Waals surface area contributed by atoms with Crippen LogP contribution in [0.5, 0.6) is 5.75 Å². The van der Waals surface area contributed by atoms with Crippen LogP contribution in [-0.2, 0) is 0 Å². The number of amides is 1. The molecule has 1 amide bonds. The van der Waals surface area contributed by atoms with Crippen LogP contribution in [0.1, 0.15) is 35.9 Å². The third-order valence-electron chi connectivity index (χ3n) is 3.02. The summed E-state index contributed by atoms with van der Waals surface area (Å²) in [4.78, 5) is 15.8. The number of nitrogens with one attached hydrogen (secondary N) is 1. The number of aliphatic hydroxyl groups excluding tert-OH is 1. The summed E-state index contributed by atoms with van der Waals surface area (Å²) in [5.41, 5.74) is 1.19. The van der Waals surface area contributed by atoms with Crippen LogP contribution >= 0.6 is 0 Å². The minimum absolute atomic E-state index is 0.106. The van der Waals surface area contributed by atoms with Crippen LogP contribution < -0.4 is 10.1 Å². The third-order valence-corrected chi connectivity index (χ3v) is 3.02. The summed E-state index contributed by atoms with van der Waals surface area (Å²) >= 11 is 0.